The highest BCUT2D eigenvalue weighted by molar-refractivity contribution is 7.99. The third kappa shape index (κ3) is 2.69. The molecule has 0 radical (unpaired) electrons. The van der Waals surface area contributed by atoms with Gasteiger partial charge in [0.25, 0.3) is 0 Å². The van der Waals surface area contributed by atoms with Gasteiger partial charge in [0.2, 0.25) is 0 Å². The lowest BCUT2D eigenvalue weighted by Crippen LogP contribution is -2.24. The van der Waals surface area contributed by atoms with Crippen molar-refractivity contribution in [2.45, 2.75) is 32.7 Å². The van der Waals surface area contributed by atoms with E-state index >= 15 is 0 Å². The summed E-state index contributed by atoms with van der Waals surface area (Å²) in [5.41, 5.74) is 4.10. The highest BCUT2D eigenvalue weighted by Gasteiger charge is 2.13. The van der Waals surface area contributed by atoms with Gasteiger partial charge in [-0.25, -0.2) is 0 Å². The maximum atomic E-state index is 3.68. The lowest BCUT2D eigenvalue weighted by Gasteiger charge is -2.24. The number of aryl methyl sites for hydroxylation is 1. The molecular formula is C13H19NS. The van der Waals surface area contributed by atoms with Crippen LogP contribution in [0.3, 0.4) is 0 Å². The Kier molecular flexibility index (Phi) is 3.57. The predicted octanol–water partition coefficient (Wildman–Crippen LogP) is 3.61. The van der Waals surface area contributed by atoms with Gasteiger partial charge in [0, 0.05) is 11.7 Å². The van der Waals surface area contributed by atoms with Crippen LogP contribution in [0.15, 0.2) is 18.2 Å². The summed E-state index contributed by atoms with van der Waals surface area (Å²) in [5, 5.41) is 3.68. The van der Waals surface area contributed by atoms with E-state index in [2.05, 4.69) is 49.1 Å². The normalized spacial score (nSPS) is 17.7. The first kappa shape index (κ1) is 10.9. The Morgan fingerprint density at radius 3 is 2.67 bits per heavy atom. The standard InChI is InChI=1S/C13H19NS/c1-10-4-3-5-13(11(10)2)14-12-6-8-15-9-7-12/h3-5,12,14H,6-9H2,1-2H3. The van der Waals surface area contributed by atoms with Gasteiger partial charge in [0.05, 0.1) is 0 Å². The van der Waals surface area contributed by atoms with Crippen LogP contribution in [-0.4, -0.2) is 17.5 Å². The van der Waals surface area contributed by atoms with E-state index in [9.17, 15) is 0 Å². The number of hydrogen-bond acceptors (Lipinski definition) is 2. The molecule has 0 aliphatic carbocycles. The van der Waals surface area contributed by atoms with Crippen molar-refractivity contribution in [2.75, 3.05) is 16.8 Å². The molecule has 1 heterocycles. The van der Waals surface area contributed by atoms with E-state index in [1.165, 1.54) is 41.2 Å². The second-order valence-electron chi connectivity index (χ2n) is 4.28. The second-order valence-corrected chi connectivity index (χ2v) is 5.50. The molecule has 0 saturated carbocycles. The van der Waals surface area contributed by atoms with Gasteiger partial charge in [0.1, 0.15) is 0 Å². The molecule has 15 heavy (non-hydrogen) atoms. The Balaban J connectivity index is 2.06. The lowest BCUT2D eigenvalue weighted by atomic mass is 10.1. The Morgan fingerprint density at radius 2 is 1.93 bits per heavy atom. The summed E-state index contributed by atoms with van der Waals surface area (Å²) < 4.78 is 0. The molecule has 0 spiro atoms. The van der Waals surface area contributed by atoms with Gasteiger partial charge in [0.15, 0.2) is 0 Å². The molecule has 0 atom stereocenters. The van der Waals surface area contributed by atoms with E-state index < -0.39 is 0 Å². The van der Waals surface area contributed by atoms with Gasteiger partial charge < -0.3 is 5.32 Å². The first-order valence-corrected chi connectivity index (χ1v) is 6.83. The zero-order valence-electron chi connectivity index (χ0n) is 9.55. The Hall–Kier alpha value is -0.630. The van der Waals surface area contributed by atoms with Crippen LogP contribution in [0.5, 0.6) is 0 Å². The fraction of sp³-hybridized carbons (Fsp3) is 0.538. The molecule has 0 unspecified atom stereocenters. The molecule has 0 bridgehead atoms. The van der Waals surface area contributed by atoms with Crippen molar-refractivity contribution in [2.24, 2.45) is 0 Å². The van der Waals surface area contributed by atoms with Crippen LogP contribution >= 0.6 is 11.8 Å². The molecule has 1 saturated heterocycles. The molecule has 1 aromatic rings. The van der Waals surface area contributed by atoms with Gasteiger partial charge in [-0.2, -0.15) is 11.8 Å². The maximum Gasteiger partial charge on any atom is 0.0374 e. The molecule has 82 valence electrons. The molecule has 0 amide bonds. The quantitative estimate of drug-likeness (QED) is 0.818. The average Bonchev–Trinajstić information content (AvgIpc) is 2.26. The van der Waals surface area contributed by atoms with Gasteiger partial charge in [-0.05, 0) is 55.4 Å². The molecule has 1 nitrogen and oxygen atoms in total. The fourth-order valence-corrected chi connectivity index (χ4v) is 3.08. The third-order valence-corrected chi connectivity index (χ3v) is 4.23. The highest BCUT2D eigenvalue weighted by Crippen LogP contribution is 2.24. The smallest absolute Gasteiger partial charge is 0.0374 e. The first-order chi connectivity index (χ1) is 7.27. The SMILES string of the molecule is Cc1cccc(NC2CCSCC2)c1C. The molecule has 2 rings (SSSR count). The zero-order chi connectivity index (χ0) is 10.7. The molecule has 1 aliphatic heterocycles. The molecule has 1 aliphatic rings. The van der Waals surface area contributed by atoms with Crippen molar-refractivity contribution in [3.05, 3.63) is 29.3 Å². The van der Waals surface area contributed by atoms with Crippen molar-refractivity contribution < 1.29 is 0 Å². The number of benzene rings is 1. The molecule has 1 aromatic carbocycles. The molecule has 0 aromatic heterocycles. The van der Waals surface area contributed by atoms with Crippen molar-refractivity contribution in [1.82, 2.24) is 0 Å². The second kappa shape index (κ2) is 4.93. The Labute approximate surface area is 96.7 Å². The molecule has 1 N–H and O–H groups in total. The molecule has 2 heteroatoms. The summed E-state index contributed by atoms with van der Waals surface area (Å²) in [6.07, 6.45) is 2.61. The van der Waals surface area contributed by atoms with Crippen molar-refractivity contribution in [3.63, 3.8) is 0 Å². The molecular weight excluding hydrogens is 202 g/mol. The first-order valence-electron chi connectivity index (χ1n) is 5.68. The summed E-state index contributed by atoms with van der Waals surface area (Å²) in [6.45, 7) is 4.38. The van der Waals surface area contributed by atoms with Gasteiger partial charge in [-0.1, -0.05) is 12.1 Å². The van der Waals surface area contributed by atoms with E-state index in [4.69, 9.17) is 0 Å². The van der Waals surface area contributed by atoms with Crippen LogP contribution in [0.1, 0.15) is 24.0 Å². The zero-order valence-corrected chi connectivity index (χ0v) is 10.4. The highest BCUT2D eigenvalue weighted by atomic mass is 32.2. The minimum absolute atomic E-state index is 0.687. The van der Waals surface area contributed by atoms with E-state index in [0.717, 1.165) is 0 Å². The maximum absolute atomic E-state index is 3.68. The minimum atomic E-state index is 0.687. The number of nitrogens with one attached hydrogen (secondary N) is 1. The van der Waals surface area contributed by atoms with Crippen molar-refractivity contribution >= 4 is 17.4 Å². The van der Waals surface area contributed by atoms with E-state index in [-0.39, 0.29) is 0 Å². The van der Waals surface area contributed by atoms with Gasteiger partial charge in [-0.3, -0.25) is 0 Å². The largest absolute Gasteiger partial charge is 0.382 e. The summed E-state index contributed by atoms with van der Waals surface area (Å²) in [6, 6.07) is 7.20. The van der Waals surface area contributed by atoms with Crippen LogP contribution in [0, 0.1) is 13.8 Å². The topological polar surface area (TPSA) is 12.0 Å². The van der Waals surface area contributed by atoms with E-state index in [1.54, 1.807) is 0 Å². The summed E-state index contributed by atoms with van der Waals surface area (Å²) in [4.78, 5) is 0. The lowest BCUT2D eigenvalue weighted by molar-refractivity contribution is 0.666. The monoisotopic (exact) mass is 221 g/mol. The van der Waals surface area contributed by atoms with Crippen LogP contribution < -0.4 is 5.32 Å². The summed E-state index contributed by atoms with van der Waals surface area (Å²) >= 11 is 2.08. The van der Waals surface area contributed by atoms with E-state index in [1.807, 2.05) is 0 Å². The molecule has 1 fully saturated rings. The van der Waals surface area contributed by atoms with Crippen molar-refractivity contribution in [3.8, 4) is 0 Å². The number of hydrogen-bond donors (Lipinski definition) is 1. The summed E-state index contributed by atoms with van der Waals surface area (Å²) in [7, 11) is 0. The summed E-state index contributed by atoms with van der Waals surface area (Å²) in [5.74, 6) is 2.62. The average molecular weight is 221 g/mol. The van der Waals surface area contributed by atoms with Crippen LogP contribution in [-0.2, 0) is 0 Å². The van der Waals surface area contributed by atoms with E-state index in [0.29, 0.717) is 6.04 Å². The van der Waals surface area contributed by atoms with Gasteiger partial charge >= 0.3 is 0 Å². The van der Waals surface area contributed by atoms with Gasteiger partial charge in [-0.15, -0.1) is 0 Å². The Morgan fingerprint density at radius 1 is 1.20 bits per heavy atom. The number of rotatable bonds is 2. The van der Waals surface area contributed by atoms with Crippen LogP contribution in [0.25, 0.3) is 0 Å². The predicted molar refractivity (Wildman–Crippen MR) is 69.9 cm³/mol. The van der Waals surface area contributed by atoms with Crippen molar-refractivity contribution in [1.29, 1.82) is 0 Å². The number of anilines is 1. The Bertz CT molecular complexity index is 329. The minimum Gasteiger partial charge on any atom is -0.382 e. The number of thioether (sulfide) groups is 1. The van der Waals surface area contributed by atoms with Crippen LogP contribution in [0.2, 0.25) is 0 Å². The third-order valence-electron chi connectivity index (χ3n) is 3.19. The van der Waals surface area contributed by atoms with Crippen LogP contribution in [0.4, 0.5) is 5.69 Å². The fourth-order valence-electron chi connectivity index (χ4n) is 1.97.